The highest BCUT2D eigenvalue weighted by Gasteiger charge is 2.41. The van der Waals surface area contributed by atoms with E-state index in [9.17, 15) is 5.11 Å². The molecule has 1 aromatic heterocycles. The molecule has 2 bridgehead atoms. The van der Waals surface area contributed by atoms with Gasteiger partial charge in [-0.15, -0.1) is 0 Å². The zero-order chi connectivity index (χ0) is 11.7. The average Bonchev–Trinajstić information content (AvgIpc) is 2.28. The Morgan fingerprint density at radius 2 is 2.12 bits per heavy atom. The SMILES string of the molecule is OC1(Cc2cccnc2)CC2CCCC(C1)S2. The summed E-state index contributed by atoms with van der Waals surface area (Å²) in [5, 5.41) is 12.2. The van der Waals surface area contributed by atoms with Crippen molar-refractivity contribution in [1.29, 1.82) is 0 Å². The second-order valence-electron chi connectivity index (χ2n) is 5.48. The molecule has 17 heavy (non-hydrogen) atoms. The van der Waals surface area contributed by atoms with Crippen LogP contribution in [0.5, 0.6) is 0 Å². The van der Waals surface area contributed by atoms with Gasteiger partial charge >= 0.3 is 0 Å². The van der Waals surface area contributed by atoms with Crippen molar-refractivity contribution >= 4 is 11.8 Å². The molecule has 2 fully saturated rings. The van der Waals surface area contributed by atoms with Crippen LogP contribution in [0.15, 0.2) is 24.5 Å². The Bertz CT molecular complexity index is 369. The summed E-state index contributed by atoms with van der Waals surface area (Å²) < 4.78 is 0. The topological polar surface area (TPSA) is 33.1 Å². The lowest BCUT2D eigenvalue weighted by molar-refractivity contribution is 0.0129. The van der Waals surface area contributed by atoms with Gasteiger partial charge in [-0.3, -0.25) is 4.98 Å². The molecule has 3 rings (SSSR count). The van der Waals surface area contributed by atoms with Gasteiger partial charge in [0.15, 0.2) is 0 Å². The molecule has 3 heterocycles. The van der Waals surface area contributed by atoms with Crippen molar-refractivity contribution < 1.29 is 5.11 Å². The molecule has 2 saturated heterocycles. The fourth-order valence-corrected chi connectivity index (χ4v) is 5.20. The maximum absolute atomic E-state index is 10.8. The number of hydrogen-bond donors (Lipinski definition) is 1. The number of thioether (sulfide) groups is 1. The van der Waals surface area contributed by atoms with E-state index in [0.29, 0.717) is 10.5 Å². The van der Waals surface area contributed by atoms with Gasteiger partial charge in [-0.05, 0) is 37.3 Å². The van der Waals surface area contributed by atoms with Gasteiger partial charge in [-0.2, -0.15) is 11.8 Å². The lowest BCUT2D eigenvalue weighted by Gasteiger charge is -2.44. The number of aliphatic hydroxyl groups is 1. The monoisotopic (exact) mass is 249 g/mol. The highest BCUT2D eigenvalue weighted by molar-refractivity contribution is 8.00. The van der Waals surface area contributed by atoms with Crippen molar-refractivity contribution in [2.75, 3.05) is 0 Å². The largest absolute Gasteiger partial charge is 0.389 e. The molecular weight excluding hydrogens is 230 g/mol. The summed E-state index contributed by atoms with van der Waals surface area (Å²) in [6, 6.07) is 4.03. The average molecular weight is 249 g/mol. The molecule has 0 spiro atoms. The van der Waals surface area contributed by atoms with Crippen LogP contribution in [0.1, 0.15) is 37.7 Å². The molecule has 0 radical (unpaired) electrons. The van der Waals surface area contributed by atoms with Crippen LogP contribution >= 0.6 is 11.8 Å². The molecule has 0 saturated carbocycles. The minimum Gasteiger partial charge on any atom is -0.389 e. The van der Waals surface area contributed by atoms with Crippen molar-refractivity contribution in [3.05, 3.63) is 30.1 Å². The Balaban J connectivity index is 1.73. The molecule has 0 aliphatic carbocycles. The number of pyridine rings is 1. The molecule has 0 aromatic carbocycles. The van der Waals surface area contributed by atoms with Crippen molar-refractivity contribution in [2.45, 2.75) is 54.6 Å². The molecule has 2 atom stereocenters. The fourth-order valence-electron chi connectivity index (χ4n) is 3.24. The lowest BCUT2D eigenvalue weighted by Crippen LogP contribution is -2.44. The maximum atomic E-state index is 10.8. The van der Waals surface area contributed by atoms with Gasteiger partial charge in [0.25, 0.3) is 0 Å². The van der Waals surface area contributed by atoms with E-state index in [2.05, 4.69) is 22.8 Å². The predicted octanol–water partition coefficient (Wildman–Crippen LogP) is 2.80. The maximum Gasteiger partial charge on any atom is 0.0709 e. The summed E-state index contributed by atoms with van der Waals surface area (Å²) in [7, 11) is 0. The predicted molar refractivity (Wildman–Crippen MR) is 71.1 cm³/mol. The van der Waals surface area contributed by atoms with E-state index in [4.69, 9.17) is 0 Å². The first-order chi connectivity index (χ1) is 8.23. The quantitative estimate of drug-likeness (QED) is 0.875. The van der Waals surface area contributed by atoms with E-state index in [1.54, 1.807) is 6.20 Å². The van der Waals surface area contributed by atoms with Crippen molar-refractivity contribution in [1.82, 2.24) is 4.98 Å². The Morgan fingerprint density at radius 3 is 2.76 bits per heavy atom. The summed E-state index contributed by atoms with van der Waals surface area (Å²) in [4.78, 5) is 4.14. The third kappa shape index (κ3) is 2.66. The van der Waals surface area contributed by atoms with Crippen LogP contribution in [0, 0.1) is 0 Å². The number of nitrogens with zero attached hydrogens (tertiary/aromatic N) is 1. The summed E-state index contributed by atoms with van der Waals surface area (Å²) in [5.41, 5.74) is 0.685. The van der Waals surface area contributed by atoms with Crippen LogP contribution in [0.4, 0.5) is 0 Å². The normalized spacial score (nSPS) is 36.8. The molecule has 92 valence electrons. The highest BCUT2D eigenvalue weighted by Crippen LogP contribution is 2.46. The molecule has 2 aliphatic heterocycles. The standard InChI is InChI=1S/C14H19NOS/c16-14(7-11-3-2-6-15-10-11)8-12-4-1-5-13(9-14)17-12/h2-3,6,10,12-13,16H,1,4-5,7-9H2. The Labute approximate surface area is 107 Å². The molecular formula is C14H19NOS. The minimum atomic E-state index is -0.482. The molecule has 1 N–H and O–H groups in total. The van der Waals surface area contributed by atoms with Crippen molar-refractivity contribution in [3.8, 4) is 0 Å². The van der Waals surface area contributed by atoms with E-state index < -0.39 is 5.60 Å². The van der Waals surface area contributed by atoms with E-state index >= 15 is 0 Å². The van der Waals surface area contributed by atoms with E-state index in [-0.39, 0.29) is 0 Å². The molecule has 1 aromatic rings. The smallest absolute Gasteiger partial charge is 0.0709 e. The van der Waals surface area contributed by atoms with Crippen LogP contribution in [-0.2, 0) is 6.42 Å². The van der Waals surface area contributed by atoms with Crippen LogP contribution in [0.3, 0.4) is 0 Å². The van der Waals surface area contributed by atoms with Gasteiger partial charge in [0.1, 0.15) is 0 Å². The van der Waals surface area contributed by atoms with Gasteiger partial charge in [0.05, 0.1) is 5.60 Å². The number of hydrogen-bond acceptors (Lipinski definition) is 3. The molecule has 3 heteroatoms. The second kappa shape index (κ2) is 4.62. The van der Waals surface area contributed by atoms with E-state index in [1.807, 2.05) is 12.3 Å². The van der Waals surface area contributed by atoms with Crippen LogP contribution in [-0.4, -0.2) is 26.2 Å². The van der Waals surface area contributed by atoms with Gasteiger partial charge in [0.2, 0.25) is 0 Å². The fraction of sp³-hybridized carbons (Fsp3) is 0.643. The van der Waals surface area contributed by atoms with Crippen LogP contribution < -0.4 is 0 Å². The van der Waals surface area contributed by atoms with Gasteiger partial charge < -0.3 is 5.11 Å². The van der Waals surface area contributed by atoms with Crippen LogP contribution in [0.25, 0.3) is 0 Å². The zero-order valence-corrected chi connectivity index (χ0v) is 10.8. The molecule has 2 unspecified atom stereocenters. The highest BCUT2D eigenvalue weighted by atomic mass is 32.2. The summed E-state index contributed by atoms with van der Waals surface area (Å²) in [6.07, 6.45) is 10.3. The molecule has 0 amide bonds. The first-order valence-corrected chi connectivity index (χ1v) is 7.45. The summed E-state index contributed by atoms with van der Waals surface area (Å²) in [6.45, 7) is 0. The summed E-state index contributed by atoms with van der Waals surface area (Å²) in [5.74, 6) is 0. The van der Waals surface area contributed by atoms with Crippen molar-refractivity contribution in [3.63, 3.8) is 0 Å². The van der Waals surface area contributed by atoms with E-state index in [1.165, 1.54) is 24.8 Å². The first kappa shape index (κ1) is 11.5. The first-order valence-electron chi connectivity index (χ1n) is 6.50. The number of aromatic nitrogens is 1. The van der Waals surface area contributed by atoms with Gasteiger partial charge in [-0.25, -0.2) is 0 Å². The van der Waals surface area contributed by atoms with Crippen molar-refractivity contribution in [2.24, 2.45) is 0 Å². The Morgan fingerprint density at radius 1 is 1.35 bits per heavy atom. The second-order valence-corrected chi connectivity index (χ2v) is 7.09. The third-order valence-electron chi connectivity index (χ3n) is 3.91. The summed E-state index contributed by atoms with van der Waals surface area (Å²) >= 11 is 2.11. The third-order valence-corrected chi connectivity index (χ3v) is 5.48. The molecule has 2 nitrogen and oxygen atoms in total. The number of rotatable bonds is 2. The Hall–Kier alpha value is -0.540. The Kier molecular flexibility index (Phi) is 3.14. The zero-order valence-electron chi connectivity index (χ0n) is 10.0. The van der Waals surface area contributed by atoms with Gasteiger partial charge in [0, 0.05) is 29.3 Å². The number of fused-ring (bicyclic) bond motifs is 2. The van der Waals surface area contributed by atoms with E-state index in [0.717, 1.165) is 19.3 Å². The van der Waals surface area contributed by atoms with Crippen LogP contribution in [0.2, 0.25) is 0 Å². The molecule has 2 aliphatic rings. The minimum absolute atomic E-state index is 0.482. The lowest BCUT2D eigenvalue weighted by atomic mass is 9.81. The van der Waals surface area contributed by atoms with Gasteiger partial charge in [-0.1, -0.05) is 12.5 Å².